The molecule has 0 fully saturated rings. The van der Waals surface area contributed by atoms with Crippen molar-refractivity contribution < 1.29 is 4.79 Å². The molecule has 3 nitrogen and oxygen atoms in total. The van der Waals surface area contributed by atoms with Gasteiger partial charge in [-0.05, 0) is 36.3 Å². The van der Waals surface area contributed by atoms with Crippen LogP contribution in [0.15, 0.2) is 24.3 Å². The van der Waals surface area contributed by atoms with Crippen LogP contribution in [0.2, 0.25) is 0 Å². The van der Waals surface area contributed by atoms with E-state index in [-0.39, 0.29) is 30.4 Å². The number of halogens is 1. The number of hydrogen-bond donors (Lipinski definition) is 2. The van der Waals surface area contributed by atoms with Crippen molar-refractivity contribution in [1.29, 1.82) is 0 Å². The van der Waals surface area contributed by atoms with Crippen molar-refractivity contribution >= 4 is 18.3 Å². The van der Waals surface area contributed by atoms with Crippen molar-refractivity contribution in [3.8, 4) is 0 Å². The van der Waals surface area contributed by atoms with E-state index in [2.05, 4.69) is 57.3 Å². The molecule has 126 valence electrons. The summed E-state index contributed by atoms with van der Waals surface area (Å²) in [5, 5.41) is 3.14. The van der Waals surface area contributed by atoms with Gasteiger partial charge in [0.25, 0.3) is 0 Å². The number of nitrogens with two attached hydrogens (primary N) is 1. The first-order valence-electron chi connectivity index (χ1n) is 7.96. The number of hydrogen-bond acceptors (Lipinski definition) is 2. The normalized spacial score (nSPS) is 13.6. The summed E-state index contributed by atoms with van der Waals surface area (Å²) < 4.78 is 0. The maximum Gasteiger partial charge on any atom is 0.220 e. The third kappa shape index (κ3) is 6.80. The fourth-order valence-corrected chi connectivity index (χ4v) is 2.33. The minimum Gasteiger partial charge on any atom is -0.349 e. The Morgan fingerprint density at radius 1 is 1.05 bits per heavy atom. The minimum atomic E-state index is 0. The second-order valence-corrected chi connectivity index (χ2v) is 6.63. The van der Waals surface area contributed by atoms with Gasteiger partial charge in [0.2, 0.25) is 5.91 Å². The Labute approximate surface area is 141 Å². The minimum absolute atomic E-state index is 0. The van der Waals surface area contributed by atoms with Crippen LogP contribution in [0.5, 0.6) is 0 Å². The lowest BCUT2D eigenvalue weighted by Gasteiger charge is -2.23. The van der Waals surface area contributed by atoms with Gasteiger partial charge in [0.05, 0.1) is 6.04 Å². The second-order valence-electron chi connectivity index (χ2n) is 6.63. The first-order valence-corrected chi connectivity index (χ1v) is 7.96. The summed E-state index contributed by atoms with van der Waals surface area (Å²) in [6.45, 7) is 10.6. The predicted molar refractivity (Wildman–Crippen MR) is 96.4 cm³/mol. The van der Waals surface area contributed by atoms with E-state index in [1.807, 2.05) is 6.92 Å². The molecule has 0 aromatic heterocycles. The van der Waals surface area contributed by atoms with E-state index < -0.39 is 0 Å². The lowest BCUT2D eigenvalue weighted by atomic mass is 9.93. The van der Waals surface area contributed by atoms with Gasteiger partial charge in [0.1, 0.15) is 0 Å². The molecule has 4 heteroatoms. The van der Waals surface area contributed by atoms with E-state index in [0.29, 0.717) is 18.3 Å². The number of amides is 1. The van der Waals surface area contributed by atoms with Crippen LogP contribution >= 0.6 is 12.4 Å². The number of nitrogens with one attached hydrogen (secondary N) is 1. The highest BCUT2D eigenvalue weighted by atomic mass is 35.5. The maximum atomic E-state index is 12.0. The van der Waals surface area contributed by atoms with Crippen LogP contribution in [0.25, 0.3) is 0 Å². The van der Waals surface area contributed by atoms with E-state index in [9.17, 15) is 4.79 Å². The van der Waals surface area contributed by atoms with Crippen LogP contribution in [0.1, 0.15) is 70.5 Å². The molecule has 1 aromatic rings. The molecule has 2 atom stereocenters. The Balaban J connectivity index is 0.00000441. The Bertz CT molecular complexity index is 441. The van der Waals surface area contributed by atoms with E-state index >= 15 is 0 Å². The van der Waals surface area contributed by atoms with Crippen LogP contribution in [-0.2, 0) is 4.79 Å². The van der Waals surface area contributed by atoms with Gasteiger partial charge in [-0.15, -0.1) is 12.4 Å². The second kappa shape index (κ2) is 9.86. The molecule has 22 heavy (non-hydrogen) atoms. The first kappa shape index (κ1) is 20.9. The molecule has 0 aliphatic carbocycles. The van der Waals surface area contributed by atoms with Gasteiger partial charge >= 0.3 is 0 Å². The van der Waals surface area contributed by atoms with E-state index in [4.69, 9.17) is 5.73 Å². The van der Waals surface area contributed by atoms with E-state index in [0.717, 1.165) is 6.42 Å². The van der Waals surface area contributed by atoms with Gasteiger partial charge < -0.3 is 11.1 Å². The van der Waals surface area contributed by atoms with Crippen LogP contribution in [0, 0.1) is 5.92 Å². The van der Waals surface area contributed by atoms with E-state index in [1.54, 1.807) is 0 Å². The van der Waals surface area contributed by atoms with E-state index in [1.165, 1.54) is 11.1 Å². The van der Waals surface area contributed by atoms with Crippen LogP contribution in [0.4, 0.5) is 0 Å². The number of rotatable bonds is 7. The molecule has 3 N–H and O–H groups in total. The van der Waals surface area contributed by atoms with Crippen LogP contribution < -0.4 is 11.1 Å². The molecule has 0 saturated carbocycles. The lowest BCUT2D eigenvalue weighted by molar-refractivity contribution is -0.122. The molecule has 0 radical (unpaired) electrons. The molecule has 0 saturated heterocycles. The smallest absolute Gasteiger partial charge is 0.220 e. The average Bonchev–Trinajstić information content (AvgIpc) is 2.42. The Hall–Kier alpha value is -1.06. The zero-order chi connectivity index (χ0) is 16.0. The summed E-state index contributed by atoms with van der Waals surface area (Å²) in [5.41, 5.74) is 8.20. The van der Waals surface area contributed by atoms with Gasteiger partial charge in [0.15, 0.2) is 0 Å². The monoisotopic (exact) mass is 326 g/mol. The summed E-state index contributed by atoms with van der Waals surface area (Å²) in [7, 11) is 0. The number of benzene rings is 1. The lowest BCUT2D eigenvalue weighted by Crippen LogP contribution is -2.32. The highest BCUT2D eigenvalue weighted by Crippen LogP contribution is 2.24. The summed E-state index contributed by atoms with van der Waals surface area (Å²) >= 11 is 0. The molecule has 1 amide bonds. The number of carbonyl (C=O) groups is 1. The average molecular weight is 327 g/mol. The fraction of sp³-hybridized carbons (Fsp3) is 0.611. The van der Waals surface area contributed by atoms with Crippen molar-refractivity contribution in [2.75, 3.05) is 0 Å². The van der Waals surface area contributed by atoms with Crippen LogP contribution in [-0.4, -0.2) is 11.9 Å². The Morgan fingerprint density at radius 3 is 1.95 bits per heavy atom. The zero-order valence-corrected chi connectivity index (χ0v) is 15.2. The zero-order valence-electron chi connectivity index (χ0n) is 14.4. The van der Waals surface area contributed by atoms with Crippen molar-refractivity contribution in [2.24, 2.45) is 11.7 Å². The molecular weight excluding hydrogens is 296 g/mol. The summed E-state index contributed by atoms with van der Waals surface area (Å²) in [5.74, 6) is 0.963. The molecule has 2 unspecified atom stereocenters. The fourth-order valence-electron chi connectivity index (χ4n) is 2.33. The van der Waals surface area contributed by atoms with Crippen molar-refractivity contribution in [1.82, 2.24) is 5.32 Å². The molecule has 0 aliphatic heterocycles. The van der Waals surface area contributed by atoms with Gasteiger partial charge in [-0.2, -0.15) is 0 Å². The predicted octanol–water partition coefficient (Wildman–Crippen LogP) is 4.17. The summed E-state index contributed by atoms with van der Waals surface area (Å²) in [6, 6.07) is 8.70. The van der Waals surface area contributed by atoms with Crippen molar-refractivity contribution in [3.05, 3.63) is 35.4 Å². The largest absolute Gasteiger partial charge is 0.349 e. The van der Waals surface area contributed by atoms with Gasteiger partial charge in [-0.3, -0.25) is 4.79 Å². The topological polar surface area (TPSA) is 55.1 Å². The molecule has 1 aromatic carbocycles. The third-order valence-corrected chi connectivity index (χ3v) is 3.77. The molecule has 1 rings (SSSR count). The van der Waals surface area contributed by atoms with Crippen molar-refractivity contribution in [2.45, 2.75) is 65.5 Å². The standard InChI is InChI=1S/C18H30N2O.ClH/c1-12(2)15-7-9-16(10-8-15)18(13(3)4)20-17(21)11-6-14(5)19;/h7-10,12-14,18H,6,11,19H2,1-5H3,(H,20,21);1H. The van der Waals surface area contributed by atoms with Crippen LogP contribution in [0.3, 0.4) is 0 Å². The first-order chi connectivity index (χ1) is 9.81. The molecule has 0 heterocycles. The summed E-state index contributed by atoms with van der Waals surface area (Å²) in [4.78, 5) is 12.0. The Kier molecular flexibility index (Phi) is 9.38. The maximum absolute atomic E-state index is 12.0. The van der Waals surface area contributed by atoms with Gasteiger partial charge in [-0.1, -0.05) is 52.0 Å². The van der Waals surface area contributed by atoms with Gasteiger partial charge in [0, 0.05) is 12.5 Å². The quantitative estimate of drug-likeness (QED) is 0.790. The summed E-state index contributed by atoms with van der Waals surface area (Å²) in [6.07, 6.45) is 1.22. The SMILES string of the molecule is CC(N)CCC(=O)NC(c1ccc(C(C)C)cc1)C(C)C.Cl. The van der Waals surface area contributed by atoms with Gasteiger partial charge in [-0.25, -0.2) is 0 Å². The molecule has 0 spiro atoms. The van der Waals surface area contributed by atoms with Crippen molar-refractivity contribution in [3.63, 3.8) is 0 Å². The molecule has 0 aliphatic rings. The Morgan fingerprint density at radius 2 is 1.55 bits per heavy atom. The highest BCUT2D eigenvalue weighted by molar-refractivity contribution is 5.85. The highest BCUT2D eigenvalue weighted by Gasteiger charge is 2.18. The molecule has 0 bridgehead atoms. The number of carbonyl (C=O) groups excluding carboxylic acids is 1. The third-order valence-electron chi connectivity index (χ3n) is 3.77. The molecular formula is C18H31ClN2O.